The molecule has 2 aliphatic rings. The fourth-order valence-corrected chi connectivity index (χ4v) is 5.79. The van der Waals surface area contributed by atoms with Gasteiger partial charge >= 0.3 is 0 Å². The second-order valence-corrected chi connectivity index (χ2v) is 10.6. The van der Waals surface area contributed by atoms with Gasteiger partial charge in [-0.3, -0.25) is 4.79 Å². The Hall–Kier alpha value is -1.57. The lowest BCUT2D eigenvalue weighted by Gasteiger charge is -2.30. The Kier molecular flexibility index (Phi) is 6.70. The third kappa shape index (κ3) is 4.84. The zero-order chi connectivity index (χ0) is 21.3. The van der Waals surface area contributed by atoms with Gasteiger partial charge in [-0.2, -0.15) is 4.98 Å². The van der Waals surface area contributed by atoms with Crippen molar-refractivity contribution in [2.24, 2.45) is 0 Å². The van der Waals surface area contributed by atoms with Gasteiger partial charge in [-0.05, 0) is 57.4 Å². The lowest BCUT2D eigenvalue weighted by molar-refractivity contribution is 0.0927. The van der Waals surface area contributed by atoms with E-state index in [1.165, 1.54) is 35.4 Å². The minimum atomic E-state index is -0.145. The Morgan fingerprint density at radius 1 is 1.10 bits per heavy atom. The molecule has 6 nitrogen and oxygen atoms in total. The first-order chi connectivity index (χ1) is 14.4. The second-order valence-electron chi connectivity index (χ2n) is 8.30. The molecule has 30 heavy (non-hydrogen) atoms. The largest absolute Gasteiger partial charge is 0.362 e. The number of halogens is 2. The van der Waals surface area contributed by atoms with Crippen molar-refractivity contribution < 1.29 is 4.79 Å². The maximum absolute atomic E-state index is 12.5. The highest BCUT2D eigenvalue weighted by Gasteiger charge is 2.26. The summed E-state index contributed by atoms with van der Waals surface area (Å²) in [5.41, 5.74) is 2.95. The van der Waals surface area contributed by atoms with Crippen LogP contribution in [0.25, 0.3) is 0 Å². The number of rotatable bonds is 5. The molecule has 2 N–H and O–H groups in total. The van der Waals surface area contributed by atoms with Crippen molar-refractivity contribution in [1.82, 2.24) is 15.3 Å². The van der Waals surface area contributed by atoms with E-state index in [4.69, 9.17) is 33.2 Å². The van der Waals surface area contributed by atoms with Gasteiger partial charge in [0.25, 0.3) is 5.91 Å². The standard InChI is InChI=1S/C21H27Cl2N5OS/c1-28(2)19-14-5-3-4-6-16(14)26-21(27-19)25-13-9-7-12(8-10-13)24-20(29)15-11-17(22)30-18(15)23/h11-13H,3-10H2,1-2H3,(H,24,29)(H,25,26,27)/t12-,13+. The zero-order valence-corrected chi connectivity index (χ0v) is 19.6. The molecule has 0 radical (unpaired) electrons. The number of fused-ring (bicyclic) bond motifs is 1. The van der Waals surface area contributed by atoms with Crippen molar-refractivity contribution in [3.63, 3.8) is 0 Å². The van der Waals surface area contributed by atoms with Crippen LogP contribution < -0.4 is 15.5 Å². The molecular weight excluding hydrogens is 441 g/mol. The Bertz CT molecular complexity index is 924. The van der Waals surface area contributed by atoms with E-state index in [-0.39, 0.29) is 11.9 Å². The van der Waals surface area contributed by atoms with Gasteiger partial charge in [0.15, 0.2) is 0 Å². The summed E-state index contributed by atoms with van der Waals surface area (Å²) in [5.74, 6) is 1.62. The average molecular weight is 468 g/mol. The van der Waals surface area contributed by atoms with Gasteiger partial charge in [0.05, 0.1) is 15.6 Å². The van der Waals surface area contributed by atoms with Gasteiger partial charge in [-0.1, -0.05) is 23.2 Å². The number of anilines is 2. The summed E-state index contributed by atoms with van der Waals surface area (Å²) in [6.07, 6.45) is 8.23. The van der Waals surface area contributed by atoms with Crippen molar-refractivity contribution in [1.29, 1.82) is 0 Å². The van der Waals surface area contributed by atoms with Crippen molar-refractivity contribution >= 4 is 52.2 Å². The van der Waals surface area contributed by atoms with Gasteiger partial charge in [0.1, 0.15) is 10.2 Å². The molecule has 0 atom stereocenters. The quantitative estimate of drug-likeness (QED) is 0.651. The number of nitrogens with one attached hydrogen (secondary N) is 2. The summed E-state index contributed by atoms with van der Waals surface area (Å²) in [5, 5.41) is 6.64. The number of hydrogen-bond donors (Lipinski definition) is 2. The fourth-order valence-electron chi connectivity index (χ4n) is 4.33. The third-order valence-electron chi connectivity index (χ3n) is 5.88. The van der Waals surface area contributed by atoms with Crippen molar-refractivity contribution in [3.05, 3.63) is 31.6 Å². The Morgan fingerprint density at radius 3 is 2.47 bits per heavy atom. The maximum atomic E-state index is 12.5. The molecule has 0 aliphatic heterocycles. The van der Waals surface area contributed by atoms with Crippen LogP contribution in [0.4, 0.5) is 11.8 Å². The minimum Gasteiger partial charge on any atom is -0.362 e. The van der Waals surface area contributed by atoms with Crippen LogP contribution in [-0.2, 0) is 12.8 Å². The van der Waals surface area contributed by atoms with Crippen LogP contribution >= 0.6 is 34.5 Å². The molecule has 2 heterocycles. The third-order valence-corrected chi connectivity index (χ3v) is 7.37. The van der Waals surface area contributed by atoms with Crippen LogP contribution in [0, 0.1) is 0 Å². The molecule has 1 fully saturated rings. The second kappa shape index (κ2) is 9.28. The molecule has 1 amide bonds. The first-order valence-electron chi connectivity index (χ1n) is 10.5. The molecule has 9 heteroatoms. The van der Waals surface area contributed by atoms with E-state index in [0.29, 0.717) is 20.3 Å². The van der Waals surface area contributed by atoms with Crippen molar-refractivity contribution in [3.8, 4) is 0 Å². The molecule has 0 unspecified atom stereocenters. The molecule has 2 aromatic heterocycles. The molecule has 4 rings (SSSR count). The molecule has 0 spiro atoms. The van der Waals surface area contributed by atoms with E-state index >= 15 is 0 Å². The number of aromatic nitrogens is 2. The highest BCUT2D eigenvalue weighted by molar-refractivity contribution is 7.20. The highest BCUT2D eigenvalue weighted by atomic mass is 35.5. The molecule has 2 aromatic rings. The number of carbonyl (C=O) groups is 1. The number of amides is 1. The lowest BCUT2D eigenvalue weighted by Crippen LogP contribution is -2.40. The number of hydrogen-bond acceptors (Lipinski definition) is 6. The number of nitrogens with zero attached hydrogens (tertiary/aromatic N) is 3. The smallest absolute Gasteiger partial charge is 0.253 e. The first kappa shape index (κ1) is 21.7. The molecule has 1 saturated carbocycles. The molecule has 0 bridgehead atoms. The van der Waals surface area contributed by atoms with Crippen LogP contribution in [0.15, 0.2) is 6.07 Å². The van der Waals surface area contributed by atoms with Crippen LogP contribution in [-0.4, -0.2) is 42.1 Å². The van der Waals surface area contributed by atoms with Gasteiger partial charge in [0.2, 0.25) is 5.95 Å². The predicted octanol–water partition coefficient (Wildman–Crippen LogP) is 4.94. The molecule has 2 aliphatic carbocycles. The first-order valence-corrected chi connectivity index (χ1v) is 12.1. The van der Waals surface area contributed by atoms with Gasteiger partial charge in [-0.15, -0.1) is 11.3 Å². The summed E-state index contributed by atoms with van der Waals surface area (Å²) in [6.45, 7) is 0. The molecule has 0 aromatic carbocycles. The van der Waals surface area contributed by atoms with E-state index in [2.05, 4.69) is 15.5 Å². The van der Waals surface area contributed by atoms with Crippen LogP contribution in [0.5, 0.6) is 0 Å². The van der Waals surface area contributed by atoms with E-state index in [1.54, 1.807) is 6.07 Å². The molecule has 162 valence electrons. The summed E-state index contributed by atoms with van der Waals surface area (Å²) >= 11 is 13.3. The number of carbonyl (C=O) groups excluding carboxylic acids is 1. The van der Waals surface area contributed by atoms with Gasteiger partial charge < -0.3 is 15.5 Å². The van der Waals surface area contributed by atoms with E-state index in [9.17, 15) is 4.79 Å². The predicted molar refractivity (Wildman–Crippen MR) is 124 cm³/mol. The van der Waals surface area contributed by atoms with Crippen LogP contribution in [0.2, 0.25) is 8.67 Å². The minimum absolute atomic E-state index is 0.145. The summed E-state index contributed by atoms with van der Waals surface area (Å²) < 4.78 is 0.967. The number of aryl methyl sites for hydroxylation is 1. The zero-order valence-electron chi connectivity index (χ0n) is 17.3. The molecule has 0 saturated heterocycles. The Balaban J connectivity index is 1.35. The van der Waals surface area contributed by atoms with E-state index in [1.807, 2.05) is 14.1 Å². The highest BCUT2D eigenvalue weighted by Crippen LogP contribution is 2.32. The fraction of sp³-hybridized carbons (Fsp3) is 0.571. The SMILES string of the molecule is CN(C)c1nc(N[C@H]2CC[C@@H](NC(=O)c3cc(Cl)sc3Cl)CC2)nc2c1CCCC2. The van der Waals surface area contributed by atoms with Crippen molar-refractivity contribution in [2.75, 3.05) is 24.3 Å². The Morgan fingerprint density at radius 2 is 1.80 bits per heavy atom. The normalized spacial score (nSPS) is 21.1. The summed E-state index contributed by atoms with van der Waals surface area (Å²) in [6, 6.07) is 2.09. The van der Waals surface area contributed by atoms with Gasteiger partial charge in [-0.25, -0.2) is 4.98 Å². The average Bonchev–Trinajstić information content (AvgIpc) is 3.07. The summed E-state index contributed by atoms with van der Waals surface area (Å²) in [4.78, 5) is 24.2. The Labute approximate surface area is 191 Å². The van der Waals surface area contributed by atoms with E-state index in [0.717, 1.165) is 50.3 Å². The molecular formula is C21H27Cl2N5OS. The van der Waals surface area contributed by atoms with Crippen molar-refractivity contribution in [2.45, 2.75) is 63.5 Å². The van der Waals surface area contributed by atoms with Crippen LogP contribution in [0.3, 0.4) is 0 Å². The maximum Gasteiger partial charge on any atom is 0.253 e. The monoisotopic (exact) mass is 467 g/mol. The summed E-state index contributed by atoms with van der Waals surface area (Å²) in [7, 11) is 4.09. The number of thiophene rings is 1. The van der Waals surface area contributed by atoms with E-state index < -0.39 is 0 Å². The van der Waals surface area contributed by atoms with Gasteiger partial charge in [0, 0.05) is 31.7 Å². The topological polar surface area (TPSA) is 70.2 Å². The lowest BCUT2D eigenvalue weighted by atomic mass is 9.91. The van der Waals surface area contributed by atoms with Crippen LogP contribution in [0.1, 0.15) is 60.1 Å².